The largest absolute Gasteiger partial charge is 0.298 e. The number of carbonyl (C=O) groups excluding carboxylic acids is 1. The van der Waals surface area contributed by atoms with Gasteiger partial charge < -0.3 is 0 Å². The van der Waals surface area contributed by atoms with Crippen LogP contribution in [-0.4, -0.2) is 10.6 Å². The van der Waals surface area contributed by atoms with Gasteiger partial charge in [-0.2, -0.15) is 0 Å². The molecule has 1 rings (SSSR count). The zero-order valence-electron chi connectivity index (χ0n) is 10.0. The van der Waals surface area contributed by atoms with Crippen molar-refractivity contribution in [3.63, 3.8) is 0 Å². The lowest BCUT2D eigenvalue weighted by Gasteiger charge is -2.11. The van der Waals surface area contributed by atoms with Crippen molar-refractivity contribution in [1.82, 2.24) is 0 Å². The van der Waals surface area contributed by atoms with E-state index in [0.717, 1.165) is 19.3 Å². The highest BCUT2D eigenvalue weighted by molar-refractivity contribution is 9.10. The third-order valence-corrected chi connectivity index (χ3v) is 3.57. The Balaban J connectivity index is 2.75. The van der Waals surface area contributed by atoms with Crippen LogP contribution < -0.4 is 0 Å². The lowest BCUT2D eigenvalue weighted by Crippen LogP contribution is -2.16. The summed E-state index contributed by atoms with van der Waals surface area (Å²) in [5, 5.41) is 0. The van der Waals surface area contributed by atoms with E-state index >= 15 is 0 Å². The van der Waals surface area contributed by atoms with Gasteiger partial charge in [0.25, 0.3) is 0 Å². The number of halogens is 1. The summed E-state index contributed by atoms with van der Waals surface area (Å²) in [4.78, 5) is 11.5. The summed E-state index contributed by atoms with van der Waals surface area (Å²) >= 11 is 3.48. The summed E-state index contributed by atoms with van der Waals surface area (Å²) in [6.07, 6.45) is 3.65. The van der Waals surface area contributed by atoms with Crippen LogP contribution >= 0.6 is 15.9 Å². The van der Waals surface area contributed by atoms with Crippen LogP contribution in [0.4, 0.5) is 0 Å². The number of carbonyl (C=O) groups is 1. The molecule has 0 amide bonds. The Bertz CT molecular complexity index is 346. The first-order valence-corrected chi connectivity index (χ1v) is 6.84. The first-order valence-electron chi connectivity index (χ1n) is 5.92. The highest BCUT2D eigenvalue weighted by atomic mass is 79.9. The number of aryl methyl sites for hydroxylation is 1. The maximum atomic E-state index is 11.5. The first-order chi connectivity index (χ1) is 7.69. The molecule has 0 aromatic heterocycles. The molecule has 1 nitrogen and oxygen atoms in total. The first kappa shape index (κ1) is 13.4. The summed E-state index contributed by atoms with van der Waals surface area (Å²) in [5.74, 6) is 0.284. The summed E-state index contributed by atoms with van der Waals surface area (Å²) in [6, 6.07) is 8.40. The second-order valence-corrected chi connectivity index (χ2v) is 5.12. The van der Waals surface area contributed by atoms with Gasteiger partial charge >= 0.3 is 0 Å². The van der Waals surface area contributed by atoms with Crippen molar-refractivity contribution in [2.75, 3.05) is 0 Å². The van der Waals surface area contributed by atoms with Crippen LogP contribution in [0.1, 0.15) is 37.8 Å². The van der Waals surface area contributed by atoms with E-state index in [2.05, 4.69) is 41.1 Å². The quantitative estimate of drug-likeness (QED) is 0.723. The Morgan fingerprint density at radius 2 is 1.88 bits per heavy atom. The molecule has 0 radical (unpaired) electrons. The molecular formula is C14H19BrO. The van der Waals surface area contributed by atoms with Crippen LogP contribution in [0.25, 0.3) is 0 Å². The molecule has 0 N–H and O–H groups in total. The van der Waals surface area contributed by atoms with Crippen molar-refractivity contribution in [2.24, 2.45) is 0 Å². The highest BCUT2D eigenvalue weighted by Crippen LogP contribution is 2.17. The van der Waals surface area contributed by atoms with Crippen LogP contribution in [0.5, 0.6) is 0 Å². The fraction of sp³-hybridized carbons (Fsp3) is 0.500. The van der Waals surface area contributed by atoms with E-state index in [1.165, 1.54) is 11.1 Å². The lowest BCUT2D eigenvalue weighted by molar-refractivity contribution is -0.118. The van der Waals surface area contributed by atoms with Crippen molar-refractivity contribution in [3.8, 4) is 0 Å². The number of rotatable bonds is 6. The highest BCUT2D eigenvalue weighted by Gasteiger charge is 2.14. The van der Waals surface area contributed by atoms with Crippen LogP contribution in [0.2, 0.25) is 0 Å². The zero-order chi connectivity index (χ0) is 12.0. The molecule has 0 bridgehead atoms. The van der Waals surface area contributed by atoms with Gasteiger partial charge in [0.1, 0.15) is 5.78 Å². The molecule has 88 valence electrons. The Kier molecular flexibility index (Phi) is 5.75. The fourth-order valence-electron chi connectivity index (χ4n) is 1.80. The minimum absolute atomic E-state index is 0.0319. The summed E-state index contributed by atoms with van der Waals surface area (Å²) in [5.41, 5.74) is 2.67. The van der Waals surface area contributed by atoms with Gasteiger partial charge in [-0.15, -0.1) is 0 Å². The van der Waals surface area contributed by atoms with Gasteiger partial charge in [-0.25, -0.2) is 0 Å². The molecule has 0 saturated heterocycles. The number of benzene rings is 1. The number of hydrogen-bond donors (Lipinski definition) is 0. The average molecular weight is 283 g/mol. The molecule has 0 fully saturated rings. The number of alkyl halides is 1. The van der Waals surface area contributed by atoms with E-state index in [1.807, 2.05) is 13.0 Å². The van der Waals surface area contributed by atoms with Gasteiger partial charge in [-0.1, -0.05) is 60.5 Å². The van der Waals surface area contributed by atoms with Crippen LogP contribution in [0.3, 0.4) is 0 Å². The third-order valence-electron chi connectivity index (χ3n) is 2.73. The summed E-state index contributed by atoms with van der Waals surface area (Å²) in [7, 11) is 0. The molecular weight excluding hydrogens is 264 g/mol. The predicted molar refractivity (Wildman–Crippen MR) is 72.2 cm³/mol. The van der Waals surface area contributed by atoms with Gasteiger partial charge in [-0.3, -0.25) is 4.79 Å². The van der Waals surface area contributed by atoms with E-state index < -0.39 is 0 Å². The van der Waals surface area contributed by atoms with E-state index in [0.29, 0.717) is 6.42 Å². The van der Waals surface area contributed by atoms with Crippen molar-refractivity contribution in [2.45, 2.75) is 44.4 Å². The maximum absolute atomic E-state index is 11.5. The third kappa shape index (κ3) is 3.75. The SMILES string of the molecule is CCCc1ccccc1CC(Br)C(=O)CC. The molecule has 2 heteroatoms. The normalized spacial score (nSPS) is 12.4. The lowest BCUT2D eigenvalue weighted by atomic mass is 9.98. The molecule has 0 aliphatic heterocycles. The minimum atomic E-state index is -0.0319. The molecule has 1 aromatic rings. The monoisotopic (exact) mass is 282 g/mol. The Hall–Kier alpha value is -0.630. The van der Waals surface area contributed by atoms with E-state index in [4.69, 9.17) is 0 Å². The molecule has 0 saturated carbocycles. The van der Waals surface area contributed by atoms with E-state index in [9.17, 15) is 4.79 Å². The number of hydrogen-bond acceptors (Lipinski definition) is 1. The molecule has 0 spiro atoms. The van der Waals surface area contributed by atoms with E-state index in [-0.39, 0.29) is 10.6 Å². The standard InChI is InChI=1S/C14H19BrO/c1-3-7-11-8-5-6-9-12(11)10-13(15)14(16)4-2/h5-6,8-9,13H,3-4,7,10H2,1-2H3. The Morgan fingerprint density at radius 3 is 2.44 bits per heavy atom. The second-order valence-electron chi connectivity index (χ2n) is 4.01. The van der Waals surface area contributed by atoms with Crippen LogP contribution in [0, 0.1) is 0 Å². The number of ketones is 1. The van der Waals surface area contributed by atoms with Crippen LogP contribution in [-0.2, 0) is 17.6 Å². The van der Waals surface area contributed by atoms with Crippen LogP contribution in [0.15, 0.2) is 24.3 Å². The van der Waals surface area contributed by atoms with Gasteiger partial charge in [0.05, 0.1) is 4.83 Å². The van der Waals surface area contributed by atoms with Gasteiger partial charge in [0.2, 0.25) is 0 Å². The van der Waals surface area contributed by atoms with E-state index in [1.54, 1.807) is 0 Å². The van der Waals surface area contributed by atoms with Gasteiger partial charge in [-0.05, 0) is 24.0 Å². The van der Waals surface area contributed by atoms with Gasteiger partial charge in [0.15, 0.2) is 0 Å². The van der Waals surface area contributed by atoms with Crippen molar-refractivity contribution in [3.05, 3.63) is 35.4 Å². The molecule has 16 heavy (non-hydrogen) atoms. The van der Waals surface area contributed by atoms with Crippen molar-refractivity contribution in [1.29, 1.82) is 0 Å². The molecule has 0 aliphatic rings. The summed E-state index contributed by atoms with van der Waals surface area (Å²) < 4.78 is 0. The molecule has 0 aliphatic carbocycles. The molecule has 0 heterocycles. The topological polar surface area (TPSA) is 17.1 Å². The fourth-order valence-corrected chi connectivity index (χ4v) is 2.47. The molecule has 1 atom stereocenters. The summed E-state index contributed by atoms with van der Waals surface area (Å²) in [6.45, 7) is 4.09. The maximum Gasteiger partial charge on any atom is 0.146 e. The smallest absolute Gasteiger partial charge is 0.146 e. The number of Topliss-reactive ketones (excluding diaryl/α,β-unsaturated/α-hetero) is 1. The zero-order valence-corrected chi connectivity index (χ0v) is 11.6. The minimum Gasteiger partial charge on any atom is -0.298 e. The second kappa shape index (κ2) is 6.85. The predicted octanol–water partition coefficient (Wildman–Crippen LogP) is 3.92. The Morgan fingerprint density at radius 1 is 1.25 bits per heavy atom. The van der Waals surface area contributed by atoms with Crippen molar-refractivity contribution >= 4 is 21.7 Å². The Labute approximate surface area is 106 Å². The molecule has 1 unspecified atom stereocenters. The molecule has 1 aromatic carbocycles. The van der Waals surface area contributed by atoms with Gasteiger partial charge in [0, 0.05) is 6.42 Å². The van der Waals surface area contributed by atoms with Crippen molar-refractivity contribution < 1.29 is 4.79 Å². The average Bonchev–Trinajstić information content (AvgIpc) is 2.31.